The summed E-state index contributed by atoms with van der Waals surface area (Å²) in [5.41, 5.74) is 2.80. The van der Waals surface area contributed by atoms with Crippen LogP contribution in [0.25, 0.3) is 0 Å². The molecule has 2 aliphatic heterocycles. The largest absolute Gasteiger partial charge is 0.490 e. The van der Waals surface area contributed by atoms with Crippen LogP contribution in [0.2, 0.25) is 5.02 Å². The van der Waals surface area contributed by atoms with Crippen LogP contribution < -0.4 is 14.4 Å². The summed E-state index contributed by atoms with van der Waals surface area (Å²) in [6.45, 7) is 3.55. The van der Waals surface area contributed by atoms with E-state index in [2.05, 4.69) is 15.7 Å². The maximum Gasteiger partial charge on any atom is 0.304 e. The molecule has 0 unspecified atom stereocenters. The number of carboxylic acids is 1. The van der Waals surface area contributed by atoms with Crippen LogP contribution in [-0.2, 0) is 36.2 Å². The molecule has 2 aliphatic carbocycles. The number of benzene rings is 2. The molecular weight excluding hydrogens is 616 g/mol. The monoisotopic (exact) mass is 656 g/mol. The number of ether oxygens (including phenoxy) is 2. The van der Waals surface area contributed by atoms with E-state index < -0.39 is 40.2 Å². The standard InChI is InChI=1S/C34H41ClN2O7S/c1-21-5-3-7-30(43-2)26-11-8-23(26)18-37-19-34(14-4-6-22-15-24(35)9-12-28(22)34)20-44-31-13-10-25(16-29(31)37)45(41,42)36-33(40)27(21)17-32(38)39/h3,7,9-10,12-13,15-16,21,23,26-27,30H,4-6,8,11,14,17-20H2,1-2H3,(H,36,40)(H,38,39)/t21-,23-,26+,27+,30+,34-/m0/s1. The van der Waals surface area contributed by atoms with Gasteiger partial charge in [0.25, 0.3) is 10.0 Å². The van der Waals surface area contributed by atoms with E-state index >= 15 is 0 Å². The van der Waals surface area contributed by atoms with Crippen molar-refractivity contribution in [3.05, 3.63) is 64.7 Å². The van der Waals surface area contributed by atoms with E-state index in [9.17, 15) is 23.1 Å². The normalized spacial score (nSPS) is 31.0. The minimum absolute atomic E-state index is 0.0661. The van der Waals surface area contributed by atoms with E-state index in [1.54, 1.807) is 26.2 Å². The lowest BCUT2D eigenvalue weighted by Crippen LogP contribution is -2.49. The van der Waals surface area contributed by atoms with Gasteiger partial charge in [-0.1, -0.05) is 36.7 Å². The number of carbonyl (C=O) groups excluding carboxylic acids is 1. The number of rotatable bonds is 3. The molecule has 2 N–H and O–H groups in total. The Morgan fingerprint density at radius 3 is 2.78 bits per heavy atom. The van der Waals surface area contributed by atoms with Crippen molar-refractivity contribution in [3.63, 3.8) is 0 Å². The van der Waals surface area contributed by atoms with E-state index in [-0.39, 0.29) is 22.3 Å². The fraction of sp³-hybridized carbons (Fsp3) is 0.529. The number of methoxy groups -OCH3 is 1. The molecule has 4 aliphatic rings. The van der Waals surface area contributed by atoms with Crippen LogP contribution in [0.5, 0.6) is 5.75 Å². The summed E-state index contributed by atoms with van der Waals surface area (Å²) in [4.78, 5) is 27.2. The maximum absolute atomic E-state index is 13.6. The number of allylic oxidation sites excluding steroid dienone is 1. The second kappa shape index (κ2) is 12.6. The Kier molecular flexibility index (Phi) is 8.93. The van der Waals surface area contributed by atoms with Crippen molar-refractivity contribution in [1.29, 1.82) is 0 Å². The molecule has 6 rings (SSSR count). The number of hydrogen-bond acceptors (Lipinski definition) is 7. The molecule has 0 aromatic heterocycles. The summed E-state index contributed by atoms with van der Waals surface area (Å²) in [6.07, 6.45) is 8.66. The van der Waals surface area contributed by atoms with Gasteiger partial charge in [-0.15, -0.1) is 0 Å². The molecule has 2 heterocycles. The second-order valence-corrected chi connectivity index (χ2v) is 15.4. The Morgan fingerprint density at radius 2 is 2.04 bits per heavy atom. The highest BCUT2D eigenvalue weighted by molar-refractivity contribution is 7.90. The van der Waals surface area contributed by atoms with Crippen LogP contribution in [0.4, 0.5) is 5.69 Å². The molecule has 11 heteroatoms. The second-order valence-electron chi connectivity index (χ2n) is 13.3. The Hall–Kier alpha value is -3.08. The molecule has 9 nitrogen and oxygen atoms in total. The van der Waals surface area contributed by atoms with Gasteiger partial charge in [0.05, 0.1) is 35.6 Å². The van der Waals surface area contributed by atoms with E-state index in [1.165, 1.54) is 17.2 Å². The van der Waals surface area contributed by atoms with Crippen molar-refractivity contribution in [1.82, 2.24) is 4.72 Å². The van der Waals surface area contributed by atoms with Gasteiger partial charge in [0.1, 0.15) is 5.75 Å². The van der Waals surface area contributed by atoms with Gasteiger partial charge in [-0.3, -0.25) is 9.59 Å². The van der Waals surface area contributed by atoms with Crippen LogP contribution in [-0.4, -0.2) is 58.3 Å². The zero-order chi connectivity index (χ0) is 31.9. The molecule has 6 atom stereocenters. The van der Waals surface area contributed by atoms with Crippen LogP contribution in [0.3, 0.4) is 0 Å². The van der Waals surface area contributed by atoms with Gasteiger partial charge >= 0.3 is 5.97 Å². The Balaban J connectivity index is 1.44. The third-order valence-corrected chi connectivity index (χ3v) is 12.0. The highest BCUT2D eigenvalue weighted by Gasteiger charge is 2.44. The number of amides is 1. The number of nitrogens with one attached hydrogen (secondary N) is 1. The molecule has 242 valence electrons. The molecule has 2 aromatic rings. The Morgan fingerprint density at radius 1 is 1.22 bits per heavy atom. The molecule has 2 aromatic carbocycles. The topological polar surface area (TPSA) is 122 Å². The van der Waals surface area contributed by atoms with E-state index in [0.717, 1.165) is 32.1 Å². The summed E-state index contributed by atoms with van der Waals surface area (Å²) in [6, 6.07) is 10.8. The number of sulfonamides is 1. The van der Waals surface area contributed by atoms with E-state index in [1.807, 2.05) is 24.3 Å². The maximum atomic E-state index is 13.6. The van der Waals surface area contributed by atoms with Gasteiger partial charge < -0.3 is 19.5 Å². The van der Waals surface area contributed by atoms with Crippen LogP contribution in [0.15, 0.2) is 53.4 Å². The summed E-state index contributed by atoms with van der Waals surface area (Å²) in [5.74, 6) is -2.27. The summed E-state index contributed by atoms with van der Waals surface area (Å²) in [5, 5.41) is 10.3. The van der Waals surface area contributed by atoms with E-state index in [4.69, 9.17) is 21.1 Å². The smallest absolute Gasteiger partial charge is 0.304 e. The SMILES string of the molecule is CO[C@@H]1C=CC[C@H](C)[C@@H](CC(=O)O)C(=O)NS(=O)(=O)c2ccc3c(c2)N(C[C@@H]2CC[C@H]21)C[C@@]1(CCCc2cc(Cl)ccc21)CO3. The Labute approximate surface area is 270 Å². The van der Waals surface area contributed by atoms with Crippen molar-refractivity contribution in [2.24, 2.45) is 23.7 Å². The van der Waals surface area contributed by atoms with Gasteiger partial charge in [0.2, 0.25) is 5.91 Å². The minimum Gasteiger partial charge on any atom is -0.490 e. The van der Waals surface area contributed by atoms with Crippen LogP contribution >= 0.6 is 11.6 Å². The number of fused-ring (bicyclic) bond motifs is 4. The summed E-state index contributed by atoms with van der Waals surface area (Å²) >= 11 is 6.40. The first kappa shape index (κ1) is 31.9. The van der Waals surface area contributed by atoms with E-state index in [0.29, 0.717) is 48.5 Å². The van der Waals surface area contributed by atoms with Crippen molar-refractivity contribution >= 4 is 39.2 Å². The van der Waals surface area contributed by atoms with Crippen LogP contribution in [0.1, 0.15) is 56.6 Å². The molecule has 1 spiro atoms. The number of carboxylic acid groups (broad SMARTS) is 1. The number of carbonyl (C=O) groups is 2. The zero-order valence-corrected chi connectivity index (χ0v) is 27.3. The van der Waals surface area contributed by atoms with Crippen molar-refractivity contribution in [3.8, 4) is 5.75 Å². The third kappa shape index (κ3) is 6.33. The number of nitrogens with zero attached hydrogens (tertiary/aromatic N) is 1. The van der Waals surface area contributed by atoms with Gasteiger partial charge in [-0.05, 0) is 97.7 Å². The number of anilines is 1. The molecule has 1 fully saturated rings. The first-order valence-electron chi connectivity index (χ1n) is 15.8. The van der Waals surface area contributed by atoms with Gasteiger partial charge in [-0.2, -0.15) is 0 Å². The van der Waals surface area contributed by atoms with Crippen molar-refractivity contribution < 1.29 is 32.6 Å². The van der Waals surface area contributed by atoms with Gasteiger partial charge in [-0.25, -0.2) is 13.1 Å². The number of aliphatic carboxylic acids is 1. The van der Waals surface area contributed by atoms with Gasteiger partial charge in [0.15, 0.2) is 0 Å². The highest BCUT2D eigenvalue weighted by Crippen LogP contribution is 2.47. The molecule has 45 heavy (non-hydrogen) atoms. The zero-order valence-electron chi connectivity index (χ0n) is 25.7. The minimum atomic E-state index is -4.30. The lowest BCUT2D eigenvalue weighted by Gasteiger charge is -2.46. The average molecular weight is 657 g/mol. The first-order valence-corrected chi connectivity index (χ1v) is 17.6. The number of halogens is 1. The highest BCUT2D eigenvalue weighted by atomic mass is 35.5. The fourth-order valence-corrected chi connectivity index (χ4v) is 9.04. The van der Waals surface area contributed by atoms with Crippen molar-refractivity contribution in [2.45, 2.75) is 68.3 Å². The average Bonchev–Trinajstić information content (AvgIpc) is 3.13. The van der Waals surface area contributed by atoms with Crippen LogP contribution in [0, 0.1) is 23.7 Å². The Bertz CT molecular complexity index is 1610. The van der Waals surface area contributed by atoms with Crippen molar-refractivity contribution in [2.75, 3.05) is 31.7 Å². The quantitative estimate of drug-likeness (QED) is 0.425. The predicted molar refractivity (Wildman–Crippen MR) is 171 cm³/mol. The molecule has 0 radical (unpaired) electrons. The lowest BCUT2D eigenvalue weighted by molar-refractivity contribution is -0.141. The first-order chi connectivity index (χ1) is 21.5. The summed E-state index contributed by atoms with van der Waals surface area (Å²) < 4.78 is 41.9. The molecular formula is C34H41ClN2O7S. The number of hydrogen-bond donors (Lipinski definition) is 2. The molecule has 1 amide bonds. The predicted octanol–water partition coefficient (Wildman–Crippen LogP) is 5.35. The molecule has 0 saturated heterocycles. The fourth-order valence-electron chi connectivity index (χ4n) is 7.79. The molecule has 1 saturated carbocycles. The summed E-state index contributed by atoms with van der Waals surface area (Å²) in [7, 11) is -2.59. The third-order valence-electron chi connectivity index (χ3n) is 10.4. The number of aryl methyl sites for hydroxylation is 1. The van der Waals surface area contributed by atoms with Gasteiger partial charge in [0, 0.05) is 30.6 Å². The molecule has 2 bridgehead atoms. The lowest BCUT2D eigenvalue weighted by atomic mass is 9.68.